The molecule has 124 valence electrons. The molecule has 1 aromatic rings. The number of carbonyl (C=O) groups excluding carboxylic acids is 1. The minimum atomic E-state index is -4.77. The van der Waals surface area contributed by atoms with E-state index in [2.05, 4.69) is 5.32 Å². The summed E-state index contributed by atoms with van der Waals surface area (Å²) in [6.07, 6.45) is -7.37. The Morgan fingerprint density at radius 3 is 2.68 bits per heavy atom. The Bertz CT molecular complexity index is 526. The molecule has 0 saturated heterocycles. The summed E-state index contributed by atoms with van der Waals surface area (Å²) in [4.78, 5) is 12.5. The lowest BCUT2D eigenvalue weighted by molar-refractivity contribution is -0.205. The lowest BCUT2D eigenvalue weighted by Crippen LogP contribution is -2.45. The highest BCUT2D eigenvalue weighted by atomic mass is 35.5. The Morgan fingerprint density at radius 1 is 1.50 bits per heavy atom. The quantitative estimate of drug-likeness (QED) is 0.865. The Hall–Kier alpha value is -1.67. The van der Waals surface area contributed by atoms with E-state index in [0.717, 1.165) is 11.9 Å². The van der Waals surface area contributed by atoms with Gasteiger partial charge in [-0.25, -0.2) is 4.79 Å². The molecule has 0 aliphatic carbocycles. The standard InChI is InChI=1S/C13H16ClF3N2O3/c1-19(7-11(20)13(15,16)17)12(21)18-6-8-5-9(14)3-4-10(8)22-2/h3-5,11,20H,6-7H2,1-2H3,(H,18,21). The van der Waals surface area contributed by atoms with E-state index in [-0.39, 0.29) is 6.54 Å². The van der Waals surface area contributed by atoms with Crippen LogP contribution in [-0.4, -0.2) is 49.0 Å². The van der Waals surface area contributed by atoms with E-state index in [9.17, 15) is 18.0 Å². The second kappa shape index (κ2) is 7.55. The van der Waals surface area contributed by atoms with E-state index in [1.807, 2.05) is 0 Å². The average molecular weight is 341 g/mol. The molecule has 1 atom stereocenters. The van der Waals surface area contributed by atoms with Crippen molar-refractivity contribution in [1.82, 2.24) is 10.2 Å². The third kappa shape index (κ3) is 5.27. The zero-order valence-electron chi connectivity index (χ0n) is 11.9. The maximum Gasteiger partial charge on any atom is 0.416 e. The van der Waals surface area contributed by atoms with Gasteiger partial charge in [0.15, 0.2) is 6.10 Å². The molecule has 0 bridgehead atoms. The summed E-state index contributed by atoms with van der Waals surface area (Å²) >= 11 is 5.83. The van der Waals surface area contributed by atoms with Crippen LogP contribution in [-0.2, 0) is 6.54 Å². The molecule has 2 N–H and O–H groups in total. The Balaban J connectivity index is 2.61. The van der Waals surface area contributed by atoms with Gasteiger partial charge in [-0.3, -0.25) is 0 Å². The van der Waals surface area contributed by atoms with Crippen molar-refractivity contribution < 1.29 is 27.8 Å². The minimum Gasteiger partial charge on any atom is -0.496 e. The summed E-state index contributed by atoms with van der Waals surface area (Å²) in [5, 5.41) is 11.8. The Kier molecular flexibility index (Phi) is 6.31. The van der Waals surface area contributed by atoms with Gasteiger partial charge in [0.2, 0.25) is 0 Å². The molecule has 2 amide bonds. The summed E-state index contributed by atoms with van der Waals surface area (Å²) in [5.41, 5.74) is 0.577. The lowest BCUT2D eigenvalue weighted by Gasteiger charge is -2.23. The van der Waals surface area contributed by atoms with E-state index in [0.29, 0.717) is 16.3 Å². The van der Waals surface area contributed by atoms with Gasteiger partial charge >= 0.3 is 12.2 Å². The predicted molar refractivity (Wildman–Crippen MR) is 74.9 cm³/mol. The van der Waals surface area contributed by atoms with Crippen LogP contribution in [0.2, 0.25) is 5.02 Å². The van der Waals surface area contributed by atoms with E-state index in [1.54, 1.807) is 18.2 Å². The molecule has 0 spiro atoms. The molecular weight excluding hydrogens is 325 g/mol. The van der Waals surface area contributed by atoms with Crippen LogP contribution in [0.4, 0.5) is 18.0 Å². The van der Waals surface area contributed by atoms with Crippen molar-refractivity contribution >= 4 is 17.6 Å². The molecule has 0 aromatic heterocycles. The van der Waals surface area contributed by atoms with Crippen molar-refractivity contribution in [2.75, 3.05) is 20.7 Å². The fourth-order valence-corrected chi connectivity index (χ4v) is 1.83. The molecule has 0 saturated carbocycles. The van der Waals surface area contributed by atoms with Crippen LogP contribution < -0.4 is 10.1 Å². The number of nitrogens with zero attached hydrogens (tertiary/aromatic N) is 1. The highest BCUT2D eigenvalue weighted by Crippen LogP contribution is 2.23. The summed E-state index contributed by atoms with van der Waals surface area (Å²) in [6, 6.07) is 4.04. The third-order valence-electron chi connectivity index (χ3n) is 2.84. The number of hydrogen-bond acceptors (Lipinski definition) is 3. The summed E-state index contributed by atoms with van der Waals surface area (Å²) in [6.45, 7) is -0.836. The van der Waals surface area contributed by atoms with Crippen LogP contribution in [0.15, 0.2) is 18.2 Å². The average Bonchev–Trinajstić information content (AvgIpc) is 2.43. The van der Waals surface area contributed by atoms with Crippen molar-refractivity contribution in [2.24, 2.45) is 0 Å². The van der Waals surface area contributed by atoms with E-state index < -0.39 is 24.9 Å². The fraction of sp³-hybridized carbons (Fsp3) is 0.462. The van der Waals surface area contributed by atoms with Crippen molar-refractivity contribution in [3.63, 3.8) is 0 Å². The number of carbonyl (C=O) groups is 1. The van der Waals surface area contributed by atoms with E-state index >= 15 is 0 Å². The first-order valence-electron chi connectivity index (χ1n) is 6.21. The lowest BCUT2D eigenvalue weighted by atomic mass is 10.2. The number of alkyl halides is 3. The number of ether oxygens (including phenoxy) is 1. The van der Waals surface area contributed by atoms with Gasteiger partial charge < -0.3 is 20.1 Å². The van der Waals surface area contributed by atoms with Crippen molar-refractivity contribution in [1.29, 1.82) is 0 Å². The SMILES string of the molecule is COc1ccc(Cl)cc1CNC(=O)N(C)CC(O)C(F)(F)F. The van der Waals surface area contributed by atoms with Crippen LogP contribution in [0.5, 0.6) is 5.75 Å². The number of urea groups is 1. The van der Waals surface area contributed by atoms with Gasteiger partial charge in [0.05, 0.1) is 13.7 Å². The van der Waals surface area contributed by atoms with Crippen LogP contribution in [0.25, 0.3) is 0 Å². The van der Waals surface area contributed by atoms with Gasteiger partial charge in [0.1, 0.15) is 5.75 Å². The smallest absolute Gasteiger partial charge is 0.416 e. The maximum absolute atomic E-state index is 12.2. The topological polar surface area (TPSA) is 61.8 Å². The second-order valence-corrected chi connectivity index (χ2v) is 4.99. The van der Waals surface area contributed by atoms with Gasteiger partial charge in [-0.1, -0.05) is 11.6 Å². The molecule has 0 aliphatic heterocycles. The van der Waals surface area contributed by atoms with Crippen molar-refractivity contribution in [3.05, 3.63) is 28.8 Å². The van der Waals surface area contributed by atoms with Gasteiger partial charge in [0.25, 0.3) is 0 Å². The van der Waals surface area contributed by atoms with Gasteiger partial charge in [-0.05, 0) is 18.2 Å². The molecule has 0 fully saturated rings. The maximum atomic E-state index is 12.2. The fourth-order valence-electron chi connectivity index (χ4n) is 1.64. The number of rotatable bonds is 5. The molecule has 0 radical (unpaired) electrons. The number of hydrogen-bond donors (Lipinski definition) is 2. The third-order valence-corrected chi connectivity index (χ3v) is 3.08. The van der Waals surface area contributed by atoms with Gasteiger partial charge in [-0.2, -0.15) is 13.2 Å². The molecule has 9 heteroatoms. The monoisotopic (exact) mass is 340 g/mol. The number of halogens is 4. The van der Waals surface area contributed by atoms with Crippen molar-refractivity contribution in [3.8, 4) is 5.75 Å². The highest BCUT2D eigenvalue weighted by molar-refractivity contribution is 6.30. The summed E-state index contributed by atoms with van der Waals surface area (Å²) in [5.74, 6) is 0.489. The molecule has 0 aliphatic rings. The highest BCUT2D eigenvalue weighted by Gasteiger charge is 2.39. The zero-order valence-corrected chi connectivity index (χ0v) is 12.7. The van der Waals surface area contributed by atoms with E-state index in [4.69, 9.17) is 21.4 Å². The molecule has 5 nitrogen and oxygen atoms in total. The van der Waals surface area contributed by atoms with Crippen LogP contribution in [0, 0.1) is 0 Å². The predicted octanol–water partition coefficient (Wildman–Crippen LogP) is 2.41. The molecule has 1 aromatic carbocycles. The molecule has 1 unspecified atom stereocenters. The first kappa shape index (κ1) is 18.4. The van der Waals surface area contributed by atoms with Crippen LogP contribution in [0.3, 0.4) is 0 Å². The Morgan fingerprint density at radius 2 is 2.14 bits per heavy atom. The number of aliphatic hydroxyl groups is 1. The van der Waals surface area contributed by atoms with E-state index in [1.165, 1.54) is 7.11 Å². The molecular formula is C13H16ClF3N2O3. The number of amides is 2. The largest absolute Gasteiger partial charge is 0.496 e. The van der Waals surface area contributed by atoms with Crippen molar-refractivity contribution in [2.45, 2.75) is 18.8 Å². The zero-order chi connectivity index (χ0) is 16.9. The van der Waals surface area contributed by atoms with Crippen LogP contribution in [0.1, 0.15) is 5.56 Å². The molecule has 1 rings (SSSR count). The first-order chi connectivity index (χ1) is 10.1. The van der Waals surface area contributed by atoms with Crippen LogP contribution >= 0.6 is 11.6 Å². The summed E-state index contributed by atoms with van der Waals surface area (Å²) < 4.78 is 41.8. The minimum absolute atomic E-state index is 0.0228. The number of benzene rings is 1. The number of aliphatic hydroxyl groups excluding tert-OH is 1. The number of likely N-dealkylation sites (N-methyl/N-ethyl adjacent to an activating group) is 1. The van der Waals surface area contributed by atoms with Gasteiger partial charge in [-0.15, -0.1) is 0 Å². The Labute approximate surface area is 130 Å². The second-order valence-electron chi connectivity index (χ2n) is 4.55. The molecule has 22 heavy (non-hydrogen) atoms. The summed E-state index contributed by atoms with van der Waals surface area (Å²) in [7, 11) is 2.60. The van der Waals surface area contributed by atoms with Gasteiger partial charge in [0, 0.05) is 24.2 Å². The number of nitrogens with one attached hydrogen (secondary N) is 1. The normalized spacial score (nSPS) is 12.7. The molecule has 0 heterocycles. The number of methoxy groups -OCH3 is 1. The first-order valence-corrected chi connectivity index (χ1v) is 6.59.